The molecule has 3 aliphatic heterocycles. The average molecular weight is 295 g/mol. The van der Waals surface area contributed by atoms with Crippen LogP contribution in [0.15, 0.2) is 0 Å². The van der Waals surface area contributed by atoms with Crippen molar-refractivity contribution in [3.8, 4) is 0 Å². The summed E-state index contributed by atoms with van der Waals surface area (Å²) >= 11 is 0. The molecular formula is C17H33N3O. The van der Waals surface area contributed by atoms with E-state index in [4.69, 9.17) is 4.74 Å². The summed E-state index contributed by atoms with van der Waals surface area (Å²) in [5.41, 5.74) is 0. The molecule has 122 valence electrons. The van der Waals surface area contributed by atoms with Crippen LogP contribution in [0.1, 0.15) is 46.0 Å². The molecule has 3 aliphatic rings. The number of hydrogen-bond acceptors (Lipinski definition) is 4. The van der Waals surface area contributed by atoms with Gasteiger partial charge in [-0.2, -0.15) is 0 Å². The van der Waals surface area contributed by atoms with E-state index in [1.54, 1.807) is 0 Å². The lowest BCUT2D eigenvalue weighted by atomic mass is 9.85. The van der Waals surface area contributed by atoms with E-state index >= 15 is 0 Å². The highest BCUT2D eigenvalue weighted by atomic mass is 16.5. The summed E-state index contributed by atoms with van der Waals surface area (Å²) in [6, 6.07) is 1.52. The predicted octanol–water partition coefficient (Wildman–Crippen LogP) is 1.61. The summed E-state index contributed by atoms with van der Waals surface area (Å²) in [6.07, 6.45) is 7.54. The largest absolute Gasteiger partial charge is 0.372 e. The molecule has 4 heteroatoms. The molecule has 21 heavy (non-hydrogen) atoms. The van der Waals surface area contributed by atoms with Crippen LogP contribution in [0, 0.1) is 5.92 Å². The van der Waals surface area contributed by atoms with Gasteiger partial charge in [-0.25, -0.2) is 0 Å². The first-order valence-electron chi connectivity index (χ1n) is 9.08. The summed E-state index contributed by atoms with van der Waals surface area (Å²) < 4.78 is 6.24. The molecule has 3 fully saturated rings. The number of rotatable bonds is 3. The van der Waals surface area contributed by atoms with Gasteiger partial charge in [-0.3, -0.25) is 4.90 Å². The third kappa shape index (κ3) is 3.79. The Morgan fingerprint density at radius 1 is 1.05 bits per heavy atom. The number of morpholine rings is 1. The fraction of sp³-hybridized carbons (Fsp3) is 1.00. The van der Waals surface area contributed by atoms with Crippen LogP contribution in [0.2, 0.25) is 0 Å². The van der Waals surface area contributed by atoms with Crippen molar-refractivity contribution >= 4 is 0 Å². The van der Waals surface area contributed by atoms with Crippen LogP contribution >= 0.6 is 0 Å². The van der Waals surface area contributed by atoms with Gasteiger partial charge in [0.25, 0.3) is 0 Å². The molecule has 3 rings (SSSR count). The van der Waals surface area contributed by atoms with E-state index in [0.29, 0.717) is 18.1 Å². The SMILES string of the molecule is CC1CNCC(C(C)C2CCCCN2C2CCNCC2)O1. The molecular weight excluding hydrogens is 262 g/mol. The number of nitrogens with zero attached hydrogens (tertiary/aromatic N) is 1. The Balaban J connectivity index is 1.64. The quantitative estimate of drug-likeness (QED) is 0.829. The molecule has 0 aliphatic carbocycles. The van der Waals surface area contributed by atoms with Crippen LogP contribution in [0.4, 0.5) is 0 Å². The van der Waals surface area contributed by atoms with E-state index in [0.717, 1.165) is 25.2 Å². The number of piperidine rings is 2. The van der Waals surface area contributed by atoms with E-state index in [-0.39, 0.29) is 0 Å². The maximum Gasteiger partial charge on any atom is 0.0744 e. The Morgan fingerprint density at radius 2 is 1.86 bits per heavy atom. The van der Waals surface area contributed by atoms with E-state index in [1.165, 1.54) is 51.7 Å². The van der Waals surface area contributed by atoms with Crippen molar-refractivity contribution < 1.29 is 4.74 Å². The van der Waals surface area contributed by atoms with E-state index in [2.05, 4.69) is 29.4 Å². The molecule has 0 spiro atoms. The van der Waals surface area contributed by atoms with Crippen LogP contribution in [-0.2, 0) is 4.74 Å². The van der Waals surface area contributed by atoms with Gasteiger partial charge in [0, 0.05) is 25.2 Å². The molecule has 3 saturated heterocycles. The number of hydrogen-bond donors (Lipinski definition) is 2. The molecule has 0 aromatic heterocycles. The molecule has 0 saturated carbocycles. The van der Waals surface area contributed by atoms with Crippen LogP contribution in [0.5, 0.6) is 0 Å². The zero-order valence-corrected chi connectivity index (χ0v) is 13.8. The van der Waals surface area contributed by atoms with Crippen LogP contribution in [0.3, 0.4) is 0 Å². The Morgan fingerprint density at radius 3 is 2.62 bits per heavy atom. The zero-order chi connectivity index (χ0) is 14.7. The van der Waals surface area contributed by atoms with Crippen molar-refractivity contribution in [2.45, 2.75) is 70.2 Å². The smallest absolute Gasteiger partial charge is 0.0744 e. The van der Waals surface area contributed by atoms with Crippen LogP contribution in [-0.4, -0.2) is 61.9 Å². The highest BCUT2D eigenvalue weighted by molar-refractivity contribution is 4.92. The molecule has 0 bridgehead atoms. The normalized spacial score (nSPS) is 38.3. The summed E-state index contributed by atoms with van der Waals surface area (Å²) in [5.74, 6) is 0.635. The zero-order valence-electron chi connectivity index (χ0n) is 13.8. The predicted molar refractivity (Wildman–Crippen MR) is 86.6 cm³/mol. The molecule has 0 aromatic carbocycles. The summed E-state index contributed by atoms with van der Waals surface area (Å²) in [4.78, 5) is 2.84. The van der Waals surface area contributed by atoms with E-state index < -0.39 is 0 Å². The van der Waals surface area contributed by atoms with Crippen molar-refractivity contribution in [2.24, 2.45) is 5.92 Å². The van der Waals surface area contributed by atoms with Gasteiger partial charge in [-0.1, -0.05) is 13.3 Å². The maximum atomic E-state index is 6.24. The highest BCUT2D eigenvalue weighted by Crippen LogP contribution is 2.31. The number of likely N-dealkylation sites (tertiary alicyclic amines) is 1. The third-order valence-electron chi connectivity index (χ3n) is 5.75. The summed E-state index contributed by atoms with van der Waals surface area (Å²) in [6.45, 7) is 10.3. The molecule has 3 heterocycles. The van der Waals surface area contributed by atoms with Crippen molar-refractivity contribution in [1.82, 2.24) is 15.5 Å². The molecule has 4 unspecified atom stereocenters. The first kappa shape index (κ1) is 15.7. The van der Waals surface area contributed by atoms with Crippen LogP contribution in [0.25, 0.3) is 0 Å². The molecule has 0 amide bonds. The lowest BCUT2D eigenvalue weighted by Gasteiger charge is -2.47. The summed E-state index contributed by atoms with van der Waals surface area (Å²) in [7, 11) is 0. The topological polar surface area (TPSA) is 36.5 Å². The summed E-state index contributed by atoms with van der Waals surface area (Å²) in [5, 5.41) is 7.05. The second-order valence-corrected chi connectivity index (χ2v) is 7.28. The van der Waals surface area contributed by atoms with Gasteiger partial charge in [-0.05, 0) is 58.2 Å². The number of ether oxygens (including phenoxy) is 1. The van der Waals surface area contributed by atoms with Crippen molar-refractivity contribution in [3.63, 3.8) is 0 Å². The Bertz CT molecular complexity index is 319. The minimum Gasteiger partial charge on any atom is -0.372 e. The first-order chi connectivity index (χ1) is 10.3. The van der Waals surface area contributed by atoms with Gasteiger partial charge < -0.3 is 15.4 Å². The van der Waals surface area contributed by atoms with Crippen molar-refractivity contribution in [3.05, 3.63) is 0 Å². The molecule has 0 radical (unpaired) electrons. The Labute approximate surface area is 130 Å². The Hall–Kier alpha value is -0.160. The van der Waals surface area contributed by atoms with Gasteiger partial charge in [0.1, 0.15) is 0 Å². The third-order valence-corrected chi connectivity index (χ3v) is 5.75. The lowest BCUT2D eigenvalue weighted by molar-refractivity contribution is -0.0827. The average Bonchev–Trinajstić information content (AvgIpc) is 2.55. The van der Waals surface area contributed by atoms with Crippen LogP contribution < -0.4 is 10.6 Å². The minimum absolute atomic E-state index is 0.363. The van der Waals surface area contributed by atoms with Crippen molar-refractivity contribution in [1.29, 1.82) is 0 Å². The van der Waals surface area contributed by atoms with Gasteiger partial charge in [0.05, 0.1) is 12.2 Å². The molecule has 2 N–H and O–H groups in total. The minimum atomic E-state index is 0.363. The first-order valence-corrected chi connectivity index (χ1v) is 9.08. The molecule has 4 atom stereocenters. The second-order valence-electron chi connectivity index (χ2n) is 7.28. The van der Waals surface area contributed by atoms with Crippen molar-refractivity contribution in [2.75, 3.05) is 32.7 Å². The van der Waals surface area contributed by atoms with E-state index in [1.807, 2.05) is 0 Å². The van der Waals surface area contributed by atoms with Gasteiger partial charge in [0.2, 0.25) is 0 Å². The fourth-order valence-electron chi connectivity index (χ4n) is 4.52. The fourth-order valence-corrected chi connectivity index (χ4v) is 4.52. The second kappa shape index (κ2) is 7.40. The highest BCUT2D eigenvalue weighted by Gasteiger charge is 2.37. The lowest BCUT2D eigenvalue weighted by Crippen LogP contribution is -2.56. The monoisotopic (exact) mass is 295 g/mol. The maximum absolute atomic E-state index is 6.24. The number of nitrogens with one attached hydrogen (secondary N) is 2. The van der Waals surface area contributed by atoms with Gasteiger partial charge >= 0.3 is 0 Å². The van der Waals surface area contributed by atoms with Gasteiger partial charge in [-0.15, -0.1) is 0 Å². The van der Waals surface area contributed by atoms with Gasteiger partial charge in [0.15, 0.2) is 0 Å². The molecule has 4 nitrogen and oxygen atoms in total. The molecule has 0 aromatic rings. The van der Waals surface area contributed by atoms with E-state index in [9.17, 15) is 0 Å². The standard InChI is InChI=1S/C17H33N3O/c1-13-11-19-12-17(21-13)14(2)16-5-3-4-10-20(16)15-6-8-18-9-7-15/h13-19H,3-12H2,1-2H3. The Kier molecular flexibility index (Phi) is 5.54.